The number of unbranched alkanes of at least 4 members (excludes halogenated alkanes) is 2. The van der Waals surface area contributed by atoms with Crippen molar-refractivity contribution in [2.75, 3.05) is 11.5 Å². The van der Waals surface area contributed by atoms with Crippen molar-refractivity contribution < 1.29 is 0 Å². The Morgan fingerprint density at radius 2 is 0.955 bits per heavy atom. The quantitative estimate of drug-likeness (QED) is 0.417. The standard InChI is InChI=1S/C20H26S2/c21-15-3-1-2-5-17-7-11-19(12-8-17)20-13-9-18(10-14-20)6-4-16-22/h7-14,21-22H,1-6,15-16H2. The van der Waals surface area contributed by atoms with Crippen molar-refractivity contribution in [1.29, 1.82) is 0 Å². The normalized spacial score (nSPS) is 10.8. The van der Waals surface area contributed by atoms with E-state index in [4.69, 9.17) is 0 Å². The average molecular weight is 331 g/mol. The summed E-state index contributed by atoms with van der Waals surface area (Å²) in [6, 6.07) is 18.0. The highest BCUT2D eigenvalue weighted by Crippen LogP contribution is 2.21. The molecule has 0 aliphatic carbocycles. The molecule has 2 rings (SSSR count). The Kier molecular flexibility index (Phi) is 7.96. The van der Waals surface area contributed by atoms with E-state index in [1.54, 1.807) is 0 Å². The van der Waals surface area contributed by atoms with E-state index in [0.29, 0.717) is 0 Å². The van der Waals surface area contributed by atoms with Crippen molar-refractivity contribution in [3.8, 4) is 11.1 Å². The maximum Gasteiger partial charge on any atom is -0.00947 e. The maximum absolute atomic E-state index is 4.27. The predicted octanol–water partition coefficient (Wildman–Crippen LogP) is 5.86. The van der Waals surface area contributed by atoms with Gasteiger partial charge in [-0.15, -0.1) is 0 Å². The summed E-state index contributed by atoms with van der Waals surface area (Å²) in [4.78, 5) is 0. The Morgan fingerprint density at radius 1 is 0.500 bits per heavy atom. The summed E-state index contributed by atoms with van der Waals surface area (Å²) >= 11 is 8.53. The Balaban J connectivity index is 1.92. The fourth-order valence-electron chi connectivity index (χ4n) is 2.63. The first-order chi connectivity index (χ1) is 10.8. The van der Waals surface area contributed by atoms with E-state index < -0.39 is 0 Å². The third-order valence-corrected chi connectivity index (χ3v) is 4.62. The van der Waals surface area contributed by atoms with Gasteiger partial charge in [0, 0.05) is 0 Å². The summed E-state index contributed by atoms with van der Waals surface area (Å²) in [7, 11) is 0. The van der Waals surface area contributed by atoms with Crippen LogP contribution in [0, 0.1) is 0 Å². The molecule has 0 radical (unpaired) electrons. The van der Waals surface area contributed by atoms with Crippen molar-refractivity contribution in [1.82, 2.24) is 0 Å². The van der Waals surface area contributed by atoms with E-state index in [2.05, 4.69) is 73.8 Å². The van der Waals surface area contributed by atoms with Crippen molar-refractivity contribution in [2.24, 2.45) is 0 Å². The van der Waals surface area contributed by atoms with Crippen LogP contribution in [-0.2, 0) is 12.8 Å². The molecule has 0 atom stereocenters. The van der Waals surface area contributed by atoms with E-state index in [9.17, 15) is 0 Å². The minimum Gasteiger partial charge on any atom is -0.179 e. The molecule has 0 N–H and O–H groups in total. The van der Waals surface area contributed by atoms with E-state index in [0.717, 1.165) is 24.3 Å². The second kappa shape index (κ2) is 10.0. The van der Waals surface area contributed by atoms with Crippen LogP contribution < -0.4 is 0 Å². The van der Waals surface area contributed by atoms with Gasteiger partial charge in [-0.1, -0.05) is 55.0 Å². The summed E-state index contributed by atoms with van der Waals surface area (Å²) in [6.45, 7) is 0. The van der Waals surface area contributed by atoms with Crippen LogP contribution in [0.25, 0.3) is 11.1 Å². The minimum absolute atomic E-state index is 0.956. The first-order valence-corrected chi connectivity index (χ1v) is 9.50. The number of aryl methyl sites for hydroxylation is 2. The van der Waals surface area contributed by atoms with E-state index >= 15 is 0 Å². The average Bonchev–Trinajstić information content (AvgIpc) is 2.58. The van der Waals surface area contributed by atoms with Crippen LogP contribution in [0.1, 0.15) is 36.8 Å². The molecule has 0 bridgehead atoms. The van der Waals surface area contributed by atoms with Gasteiger partial charge < -0.3 is 0 Å². The molecule has 0 aliphatic rings. The fourth-order valence-corrected chi connectivity index (χ4v) is 3.01. The van der Waals surface area contributed by atoms with Gasteiger partial charge in [0.25, 0.3) is 0 Å². The predicted molar refractivity (Wildman–Crippen MR) is 105 cm³/mol. The van der Waals surface area contributed by atoms with E-state index in [1.165, 1.54) is 47.9 Å². The lowest BCUT2D eigenvalue weighted by molar-refractivity contribution is 0.723. The zero-order valence-electron chi connectivity index (χ0n) is 13.2. The fraction of sp³-hybridized carbons (Fsp3) is 0.400. The van der Waals surface area contributed by atoms with Gasteiger partial charge in [0.15, 0.2) is 0 Å². The van der Waals surface area contributed by atoms with E-state index in [-0.39, 0.29) is 0 Å². The maximum atomic E-state index is 4.27. The zero-order valence-corrected chi connectivity index (χ0v) is 15.0. The molecular weight excluding hydrogens is 304 g/mol. The monoisotopic (exact) mass is 330 g/mol. The van der Waals surface area contributed by atoms with Gasteiger partial charge >= 0.3 is 0 Å². The second-order valence-corrected chi connectivity index (χ2v) is 6.65. The Morgan fingerprint density at radius 3 is 1.41 bits per heavy atom. The second-order valence-electron chi connectivity index (χ2n) is 5.76. The number of rotatable bonds is 9. The summed E-state index contributed by atoms with van der Waals surface area (Å²) in [5, 5.41) is 0. The molecule has 118 valence electrons. The molecule has 0 aliphatic heterocycles. The lowest BCUT2D eigenvalue weighted by Gasteiger charge is -2.06. The first kappa shape index (κ1) is 17.5. The largest absolute Gasteiger partial charge is 0.179 e. The Bertz CT molecular complexity index is 529. The van der Waals surface area contributed by atoms with Crippen LogP contribution in [0.3, 0.4) is 0 Å². The van der Waals surface area contributed by atoms with Gasteiger partial charge in [-0.2, -0.15) is 25.3 Å². The molecule has 0 fully saturated rings. The van der Waals surface area contributed by atoms with Crippen LogP contribution in [0.2, 0.25) is 0 Å². The van der Waals surface area contributed by atoms with E-state index in [1.807, 2.05) is 0 Å². The third kappa shape index (κ3) is 5.73. The van der Waals surface area contributed by atoms with Crippen molar-refractivity contribution >= 4 is 25.3 Å². The lowest BCUT2D eigenvalue weighted by Crippen LogP contribution is -1.88. The van der Waals surface area contributed by atoms with Crippen molar-refractivity contribution in [2.45, 2.75) is 38.5 Å². The molecule has 0 saturated heterocycles. The topological polar surface area (TPSA) is 0 Å². The molecule has 0 nitrogen and oxygen atoms in total. The van der Waals surface area contributed by atoms with Gasteiger partial charge in [-0.05, 0) is 65.9 Å². The van der Waals surface area contributed by atoms with Crippen LogP contribution in [0.15, 0.2) is 48.5 Å². The van der Waals surface area contributed by atoms with Gasteiger partial charge in [-0.25, -0.2) is 0 Å². The third-order valence-electron chi connectivity index (χ3n) is 3.99. The molecule has 0 aromatic heterocycles. The molecule has 2 aromatic rings. The van der Waals surface area contributed by atoms with Crippen LogP contribution in [-0.4, -0.2) is 11.5 Å². The SMILES string of the molecule is SCCCCCc1ccc(-c2ccc(CCCS)cc2)cc1. The highest BCUT2D eigenvalue weighted by molar-refractivity contribution is 7.80. The van der Waals surface area contributed by atoms with Gasteiger partial charge in [0.05, 0.1) is 0 Å². The highest BCUT2D eigenvalue weighted by atomic mass is 32.1. The molecule has 0 saturated carbocycles. The number of hydrogen-bond donors (Lipinski definition) is 2. The van der Waals surface area contributed by atoms with Gasteiger partial charge in [0.1, 0.15) is 0 Å². The molecule has 2 aromatic carbocycles. The van der Waals surface area contributed by atoms with Gasteiger partial charge in [0.2, 0.25) is 0 Å². The van der Waals surface area contributed by atoms with Crippen LogP contribution in [0.4, 0.5) is 0 Å². The number of benzene rings is 2. The molecule has 0 heterocycles. The molecule has 2 heteroatoms. The smallest absolute Gasteiger partial charge is 0.00947 e. The molecular formula is C20H26S2. The molecule has 22 heavy (non-hydrogen) atoms. The summed E-state index contributed by atoms with van der Waals surface area (Å²) in [5.41, 5.74) is 5.45. The summed E-state index contributed by atoms with van der Waals surface area (Å²) < 4.78 is 0. The lowest BCUT2D eigenvalue weighted by atomic mass is 9.99. The van der Waals surface area contributed by atoms with Crippen LogP contribution >= 0.6 is 25.3 Å². The molecule has 0 unspecified atom stereocenters. The van der Waals surface area contributed by atoms with Crippen LogP contribution in [0.5, 0.6) is 0 Å². The summed E-state index contributed by atoms with van der Waals surface area (Å²) in [5.74, 6) is 1.96. The Hall–Kier alpha value is -0.860. The first-order valence-electron chi connectivity index (χ1n) is 8.23. The zero-order chi connectivity index (χ0) is 15.6. The molecule has 0 spiro atoms. The summed E-state index contributed by atoms with van der Waals surface area (Å²) in [6.07, 6.45) is 7.20. The number of hydrogen-bond acceptors (Lipinski definition) is 2. The van der Waals surface area contributed by atoms with Gasteiger partial charge in [-0.3, -0.25) is 0 Å². The highest BCUT2D eigenvalue weighted by Gasteiger charge is 2.00. The minimum atomic E-state index is 0.956. The Labute approximate surface area is 146 Å². The molecule has 0 amide bonds. The van der Waals surface area contributed by atoms with Crippen molar-refractivity contribution in [3.63, 3.8) is 0 Å². The van der Waals surface area contributed by atoms with Crippen molar-refractivity contribution in [3.05, 3.63) is 59.7 Å². The number of thiol groups is 2.